The number of fused-ring (bicyclic) bond motifs is 1. The van der Waals surface area contributed by atoms with Crippen LogP contribution in [0.25, 0.3) is 10.6 Å². The number of esters is 1. The van der Waals surface area contributed by atoms with Crippen molar-refractivity contribution in [3.63, 3.8) is 0 Å². The minimum atomic E-state index is -0.624. The molecular weight excluding hydrogens is 409 g/mol. The molecule has 0 amide bonds. The van der Waals surface area contributed by atoms with Crippen LogP contribution in [0.2, 0.25) is 0 Å². The van der Waals surface area contributed by atoms with E-state index in [9.17, 15) is 14.0 Å². The maximum absolute atomic E-state index is 13.1. The molecule has 0 N–H and O–H groups in total. The van der Waals surface area contributed by atoms with Gasteiger partial charge in [-0.05, 0) is 49.4 Å². The van der Waals surface area contributed by atoms with Crippen molar-refractivity contribution >= 4 is 23.1 Å². The van der Waals surface area contributed by atoms with Gasteiger partial charge < -0.3 is 14.2 Å². The van der Waals surface area contributed by atoms with Gasteiger partial charge in [-0.1, -0.05) is 0 Å². The minimum absolute atomic E-state index is 0.306. The monoisotopic (exact) mass is 427 g/mol. The summed E-state index contributed by atoms with van der Waals surface area (Å²) < 4.78 is 29.5. The molecule has 8 heteroatoms. The van der Waals surface area contributed by atoms with E-state index in [0.717, 1.165) is 17.8 Å². The van der Waals surface area contributed by atoms with Crippen molar-refractivity contribution in [3.05, 3.63) is 64.4 Å². The number of thiazole rings is 1. The molecule has 154 valence electrons. The van der Waals surface area contributed by atoms with Crippen molar-refractivity contribution in [2.45, 2.75) is 13.3 Å². The van der Waals surface area contributed by atoms with Gasteiger partial charge in [-0.15, -0.1) is 11.3 Å². The molecule has 2 aromatic carbocycles. The number of carbonyl (C=O) groups excluding carboxylic acids is 2. The highest BCUT2D eigenvalue weighted by atomic mass is 32.1. The Morgan fingerprint density at radius 1 is 1.10 bits per heavy atom. The number of aromatic nitrogens is 1. The summed E-state index contributed by atoms with van der Waals surface area (Å²) in [5.74, 6) is -0.220. The summed E-state index contributed by atoms with van der Waals surface area (Å²) in [7, 11) is 0. The first-order chi connectivity index (χ1) is 14.5. The second-order valence-electron chi connectivity index (χ2n) is 6.65. The number of ketones is 1. The molecule has 6 nitrogen and oxygen atoms in total. The highest BCUT2D eigenvalue weighted by Gasteiger charge is 2.20. The highest BCUT2D eigenvalue weighted by molar-refractivity contribution is 7.17. The molecule has 0 saturated carbocycles. The van der Waals surface area contributed by atoms with Crippen LogP contribution in [0.1, 0.15) is 32.1 Å². The average Bonchev–Trinajstić information content (AvgIpc) is 2.98. The predicted octanol–water partition coefficient (Wildman–Crippen LogP) is 4.46. The molecule has 1 aromatic heterocycles. The lowest BCUT2D eigenvalue weighted by Gasteiger charge is -2.09. The number of aryl methyl sites for hydroxylation is 1. The van der Waals surface area contributed by atoms with E-state index in [-0.39, 0.29) is 11.6 Å². The topological polar surface area (TPSA) is 74.7 Å². The number of hydrogen-bond acceptors (Lipinski definition) is 7. The Kier molecular flexibility index (Phi) is 5.76. The van der Waals surface area contributed by atoms with E-state index in [1.807, 2.05) is 0 Å². The second-order valence-corrected chi connectivity index (χ2v) is 7.65. The van der Waals surface area contributed by atoms with Crippen LogP contribution in [0.15, 0.2) is 42.5 Å². The van der Waals surface area contributed by atoms with Crippen LogP contribution in [-0.2, 0) is 4.74 Å². The van der Waals surface area contributed by atoms with Crippen molar-refractivity contribution in [1.82, 2.24) is 4.98 Å². The number of carbonyl (C=O) groups is 2. The number of benzene rings is 2. The summed E-state index contributed by atoms with van der Waals surface area (Å²) in [6.07, 6.45) is 0.768. The molecule has 1 aliphatic rings. The number of nitrogens with zero attached hydrogens (tertiary/aromatic N) is 1. The predicted molar refractivity (Wildman–Crippen MR) is 109 cm³/mol. The number of ether oxygens (including phenoxy) is 3. The lowest BCUT2D eigenvalue weighted by Crippen LogP contribution is -2.14. The smallest absolute Gasteiger partial charge is 0.350 e. The highest BCUT2D eigenvalue weighted by Crippen LogP contribution is 2.31. The summed E-state index contributed by atoms with van der Waals surface area (Å²) >= 11 is 1.14. The standard InChI is InChI=1S/C22H18FNO5S/c1-13-20(30-21(24-13)14-3-6-16(23)7-4-14)22(26)29-12-17(25)15-5-8-18-19(11-15)28-10-2-9-27-18/h3-8,11H,2,9-10,12H2,1H3. The first-order valence-corrected chi connectivity index (χ1v) is 10.2. The fourth-order valence-corrected chi connectivity index (χ4v) is 3.88. The van der Waals surface area contributed by atoms with Crippen LogP contribution in [0.4, 0.5) is 4.39 Å². The molecule has 0 aliphatic carbocycles. The van der Waals surface area contributed by atoms with Gasteiger partial charge in [-0.25, -0.2) is 14.2 Å². The van der Waals surface area contributed by atoms with Crippen molar-refractivity contribution in [2.75, 3.05) is 19.8 Å². The molecule has 0 fully saturated rings. The summed E-state index contributed by atoms with van der Waals surface area (Å²) in [5.41, 5.74) is 1.57. The Morgan fingerprint density at radius 2 is 1.83 bits per heavy atom. The van der Waals surface area contributed by atoms with Gasteiger partial charge in [0.25, 0.3) is 0 Å². The molecule has 1 aliphatic heterocycles. The zero-order chi connectivity index (χ0) is 21.1. The summed E-state index contributed by atoms with van der Waals surface area (Å²) in [6.45, 7) is 2.36. The average molecular weight is 427 g/mol. The van der Waals surface area contributed by atoms with Crippen LogP contribution in [0.3, 0.4) is 0 Å². The van der Waals surface area contributed by atoms with Crippen LogP contribution in [0.5, 0.6) is 11.5 Å². The molecule has 3 aromatic rings. The van der Waals surface area contributed by atoms with E-state index in [0.29, 0.717) is 51.4 Å². The third-order valence-corrected chi connectivity index (χ3v) is 5.66. The van der Waals surface area contributed by atoms with Gasteiger partial charge in [0, 0.05) is 17.5 Å². The van der Waals surface area contributed by atoms with Crippen molar-refractivity contribution in [1.29, 1.82) is 0 Å². The fraction of sp³-hybridized carbons (Fsp3) is 0.227. The minimum Gasteiger partial charge on any atom is -0.490 e. The van der Waals surface area contributed by atoms with Gasteiger partial charge in [0.1, 0.15) is 15.7 Å². The maximum atomic E-state index is 13.1. The Morgan fingerprint density at radius 3 is 2.60 bits per heavy atom. The van der Waals surface area contributed by atoms with Crippen molar-refractivity contribution in [3.8, 4) is 22.1 Å². The molecule has 0 atom stereocenters. The van der Waals surface area contributed by atoms with E-state index in [1.165, 1.54) is 12.1 Å². The molecule has 0 saturated heterocycles. The zero-order valence-electron chi connectivity index (χ0n) is 16.1. The molecule has 0 radical (unpaired) electrons. The Balaban J connectivity index is 1.43. The van der Waals surface area contributed by atoms with Crippen molar-refractivity contribution < 1.29 is 28.2 Å². The third-order valence-electron chi connectivity index (χ3n) is 4.48. The number of rotatable bonds is 5. The molecule has 4 rings (SSSR count). The van der Waals surface area contributed by atoms with Crippen LogP contribution in [0, 0.1) is 12.7 Å². The maximum Gasteiger partial charge on any atom is 0.350 e. The summed E-state index contributed by atoms with van der Waals surface area (Å²) in [6, 6.07) is 10.7. The molecule has 30 heavy (non-hydrogen) atoms. The first kappa shape index (κ1) is 20.0. The molecule has 0 bridgehead atoms. The SMILES string of the molecule is Cc1nc(-c2ccc(F)cc2)sc1C(=O)OCC(=O)c1ccc2c(c1)OCCCO2. The molecule has 0 unspecified atom stereocenters. The van der Waals surface area contributed by atoms with Crippen molar-refractivity contribution in [2.24, 2.45) is 0 Å². The normalized spacial score (nSPS) is 12.9. The van der Waals surface area contributed by atoms with E-state index in [4.69, 9.17) is 14.2 Å². The van der Waals surface area contributed by atoms with E-state index >= 15 is 0 Å². The molecule has 2 heterocycles. The number of Topliss-reactive ketones (excluding diaryl/α,β-unsaturated/α-hetero) is 1. The van der Waals surface area contributed by atoms with Gasteiger partial charge >= 0.3 is 5.97 Å². The number of halogens is 1. The van der Waals surface area contributed by atoms with Crippen LogP contribution < -0.4 is 9.47 Å². The molecular formula is C22H18FNO5S. The number of hydrogen-bond donors (Lipinski definition) is 0. The van der Waals surface area contributed by atoms with Gasteiger partial charge in [-0.3, -0.25) is 4.79 Å². The lowest BCUT2D eigenvalue weighted by molar-refractivity contribution is 0.0478. The van der Waals surface area contributed by atoms with E-state index < -0.39 is 12.6 Å². The Bertz CT molecular complexity index is 1090. The largest absolute Gasteiger partial charge is 0.490 e. The Labute approximate surface area is 176 Å². The fourth-order valence-electron chi connectivity index (χ4n) is 2.92. The van der Waals surface area contributed by atoms with Gasteiger partial charge in [-0.2, -0.15) is 0 Å². The van der Waals surface area contributed by atoms with Gasteiger partial charge in [0.05, 0.1) is 18.9 Å². The second kappa shape index (κ2) is 8.62. The Hall–Kier alpha value is -3.26. The summed E-state index contributed by atoms with van der Waals surface area (Å²) in [5, 5.41) is 0.577. The van der Waals surface area contributed by atoms with Crippen LogP contribution in [-0.4, -0.2) is 36.6 Å². The lowest BCUT2D eigenvalue weighted by atomic mass is 10.1. The van der Waals surface area contributed by atoms with Crippen LogP contribution >= 0.6 is 11.3 Å². The quantitative estimate of drug-likeness (QED) is 0.442. The van der Waals surface area contributed by atoms with Gasteiger partial charge in [0.15, 0.2) is 23.9 Å². The summed E-state index contributed by atoms with van der Waals surface area (Å²) in [4.78, 5) is 29.6. The van der Waals surface area contributed by atoms with E-state index in [2.05, 4.69) is 4.98 Å². The zero-order valence-corrected chi connectivity index (χ0v) is 17.0. The van der Waals surface area contributed by atoms with E-state index in [1.54, 1.807) is 37.3 Å². The molecule has 0 spiro atoms. The third kappa shape index (κ3) is 4.33. The first-order valence-electron chi connectivity index (χ1n) is 9.34. The van der Waals surface area contributed by atoms with Gasteiger partial charge in [0.2, 0.25) is 0 Å².